The summed E-state index contributed by atoms with van der Waals surface area (Å²) in [5.74, 6) is -1.31. The summed E-state index contributed by atoms with van der Waals surface area (Å²) in [6, 6.07) is 12.1. The molecule has 0 unspecified atom stereocenters. The molecule has 1 N–H and O–H groups in total. The first-order valence-corrected chi connectivity index (χ1v) is 8.68. The van der Waals surface area contributed by atoms with Gasteiger partial charge in [0, 0.05) is 3.57 Å². The Morgan fingerprint density at radius 2 is 1.56 bits per heavy atom. The van der Waals surface area contributed by atoms with E-state index in [9.17, 15) is 14.4 Å². The van der Waals surface area contributed by atoms with Crippen molar-refractivity contribution in [3.05, 3.63) is 68.3 Å². The van der Waals surface area contributed by atoms with Crippen LogP contribution in [0.3, 0.4) is 0 Å². The summed E-state index contributed by atoms with van der Waals surface area (Å²) in [6.07, 6.45) is 1.50. The fourth-order valence-corrected chi connectivity index (χ4v) is 3.06. The van der Waals surface area contributed by atoms with Crippen molar-refractivity contribution >= 4 is 52.2 Å². The average molecular weight is 446 g/mol. The Morgan fingerprint density at radius 1 is 0.960 bits per heavy atom. The molecule has 25 heavy (non-hydrogen) atoms. The first kappa shape index (κ1) is 17.3. The molecule has 5 nitrogen and oxygen atoms in total. The van der Waals surface area contributed by atoms with Crippen LogP contribution in [-0.4, -0.2) is 17.8 Å². The van der Waals surface area contributed by atoms with E-state index in [1.807, 2.05) is 44.2 Å². The SMILES string of the molecule is Cc1cc(C)cc(N2C(=O)NC(=O)C(=Cc3ccc(I)cc3)C2=O)c1. The van der Waals surface area contributed by atoms with Gasteiger partial charge in [-0.2, -0.15) is 0 Å². The zero-order chi connectivity index (χ0) is 18.1. The smallest absolute Gasteiger partial charge is 0.273 e. The molecular formula is C19H15IN2O3. The highest BCUT2D eigenvalue weighted by molar-refractivity contribution is 14.1. The number of hydrogen-bond acceptors (Lipinski definition) is 3. The van der Waals surface area contributed by atoms with E-state index in [0.717, 1.165) is 19.6 Å². The van der Waals surface area contributed by atoms with E-state index >= 15 is 0 Å². The van der Waals surface area contributed by atoms with Crippen molar-refractivity contribution in [2.24, 2.45) is 0 Å². The number of carbonyl (C=O) groups is 3. The molecule has 2 aromatic rings. The van der Waals surface area contributed by atoms with Crippen LogP contribution in [0.25, 0.3) is 6.08 Å². The standard InChI is InChI=1S/C19H15IN2O3/c1-11-7-12(2)9-15(8-11)22-18(24)16(17(23)21-19(22)25)10-13-3-5-14(20)6-4-13/h3-10H,1-2H3,(H,21,23,25). The number of imide groups is 2. The third kappa shape index (κ3) is 3.63. The molecule has 0 saturated carbocycles. The first-order valence-electron chi connectivity index (χ1n) is 7.60. The second-order valence-corrected chi connectivity index (χ2v) is 7.10. The fraction of sp³-hybridized carbons (Fsp3) is 0.105. The number of aryl methyl sites for hydroxylation is 2. The molecule has 0 spiro atoms. The second-order valence-electron chi connectivity index (χ2n) is 5.86. The number of nitrogens with one attached hydrogen (secondary N) is 1. The summed E-state index contributed by atoms with van der Waals surface area (Å²) in [6.45, 7) is 3.77. The quantitative estimate of drug-likeness (QED) is 0.436. The highest BCUT2D eigenvalue weighted by Gasteiger charge is 2.36. The van der Waals surface area contributed by atoms with Crippen LogP contribution in [0.2, 0.25) is 0 Å². The number of carbonyl (C=O) groups excluding carboxylic acids is 3. The molecule has 1 aliphatic rings. The lowest BCUT2D eigenvalue weighted by atomic mass is 10.1. The fourth-order valence-electron chi connectivity index (χ4n) is 2.70. The van der Waals surface area contributed by atoms with Crippen molar-refractivity contribution in [2.45, 2.75) is 13.8 Å². The Kier molecular flexibility index (Phi) is 4.71. The lowest BCUT2D eigenvalue weighted by Crippen LogP contribution is -2.54. The van der Waals surface area contributed by atoms with Crippen LogP contribution in [0, 0.1) is 17.4 Å². The number of benzene rings is 2. The maximum absolute atomic E-state index is 12.8. The van der Waals surface area contributed by atoms with Crippen molar-refractivity contribution in [1.29, 1.82) is 0 Å². The third-order valence-electron chi connectivity index (χ3n) is 3.75. The lowest BCUT2D eigenvalue weighted by Gasteiger charge is -2.27. The summed E-state index contributed by atoms with van der Waals surface area (Å²) in [4.78, 5) is 38.2. The van der Waals surface area contributed by atoms with Crippen LogP contribution in [-0.2, 0) is 9.59 Å². The van der Waals surface area contributed by atoms with Crippen molar-refractivity contribution in [3.63, 3.8) is 0 Å². The van der Waals surface area contributed by atoms with E-state index in [2.05, 4.69) is 27.9 Å². The minimum Gasteiger partial charge on any atom is -0.273 e. The highest BCUT2D eigenvalue weighted by Crippen LogP contribution is 2.24. The van der Waals surface area contributed by atoms with Gasteiger partial charge >= 0.3 is 6.03 Å². The molecule has 0 bridgehead atoms. The molecular weight excluding hydrogens is 431 g/mol. The molecule has 126 valence electrons. The molecule has 0 aliphatic carbocycles. The molecule has 1 aliphatic heterocycles. The largest absolute Gasteiger partial charge is 0.335 e. The van der Waals surface area contributed by atoms with Gasteiger partial charge < -0.3 is 0 Å². The maximum atomic E-state index is 12.8. The van der Waals surface area contributed by atoms with Gasteiger partial charge in [0.15, 0.2) is 0 Å². The highest BCUT2D eigenvalue weighted by atomic mass is 127. The summed E-state index contributed by atoms with van der Waals surface area (Å²) >= 11 is 2.18. The Balaban J connectivity index is 2.03. The molecule has 4 amide bonds. The van der Waals surface area contributed by atoms with E-state index in [4.69, 9.17) is 0 Å². The lowest BCUT2D eigenvalue weighted by molar-refractivity contribution is -0.122. The van der Waals surface area contributed by atoms with Crippen LogP contribution in [0.4, 0.5) is 10.5 Å². The van der Waals surface area contributed by atoms with Gasteiger partial charge in [-0.15, -0.1) is 0 Å². The van der Waals surface area contributed by atoms with Gasteiger partial charge in [-0.25, -0.2) is 9.69 Å². The van der Waals surface area contributed by atoms with Crippen LogP contribution < -0.4 is 10.2 Å². The van der Waals surface area contributed by atoms with Crippen LogP contribution >= 0.6 is 22.6 Å². The van der Waals surface area contributed by atoms with Gasteiger partial charge in [-0.3, -0.25) is 14.9 Å². The summed E-state index contributed by atoms with van der Waals surface area (Å²) in [5, 5.41) is 2.24. The van der Waals surface area contributed by atoms with E-state index in [0.29, 0.717) is 11.3 Å². The molecule has 0 radical (unpaired) electrons. The van der Waals surface area contributed by atoms with Crippen LogP contribution in [0.1, 0.15) is 16.7 Å². The molecule has 2 aromatic carbocycles. The summed E-state index contributed by atoms with van der Waals surface area (Å²) in [7, 11) is 0. The maximum Gasteiger partial charge on any atom is 0.335 e. The van der Waals surface area contributed by atoms with Crippen LogP contribution in [0.5, 0.6) is 0 Å². The topological polar surface area (TPSA) is 66.5 Å². The number of halogens is 1. The monoisotopic (exact) mass is 446 g/mol. The Hall–Kier alpha value is -2.48. The number of barbiturate groups is 1. The van der Waals surface area contributed by atoms with Gasteiger partial charge in [0.25, 0.3) is 11.8 Å². The predicted molar refractivity (Wildman–Crippen MR) is 104 cm³/mol. The Morgan fingerprint density at radius 3 is 2.16 bits per heavy atom. The van der Waals surface area contributed by atoms with Gasteiger partial charge in [-0.05, 0) is 83.5 Å². The first-order chi connectivity index (χ1) is 11.8. The van der Waals surface area contributed by atoms with E-state index in [-0.39, 0.29) is 5.57 Å². The average Bonchev–Trinajstić information content (AvgIpc) is 2.52. The number of anilines is 1. The third-order valence-corrected chi connectivity index (χ3v) is 4.47. The van der Waals surface area contributed by atoms with E-state index in [1.165, 1.54) is 6.08 Å². The Bertz CT molecular complexity index is 897. The normalized spacial score (nSPS) is 16.4. The minimum absolute atomic E-state index is 0.0695. The zero-order valence-electron chi connectivity index (χ0n) is 13.7. The molecule has 0 aromatic heterocycles. The Labute approximate surface area is 158 Å². The van der Waals surface area contributed by atoms with E-state index in [1.54, 1.807) is 12.1 Å². The van der Waals surface area contributed by atoms with Crippen molar-refractivity contribution < 1.29 is 14.4 Å². The molecule has 6 heteroatoms. The predicted octanol–water partition coefficient (Wildman–Crippen LogP) is 3.57. The number of rotatable bonds is 2. The number of urea groups is 1. The van der Waals surface area contributed by atoms with E-state index < -0.39 is 17.8 Å². The molecule has 0 atom stereocenters. The molecule has 1 fully saturated rings. The number of nitrogens with zero attached hydrogens (tertiary/aromatic N) is 1. The molecule has 1 saturated heterocycles. The van der Waals surface area contributed by atoms with Gasteiger partial charge in [-0.1, -0.05) is 18.2 Å². The van der Waals surface area contributed by atoms with Gasteiger partial charge in [0.2, 0.25) is 0 Å². The number of hydrogen-bond donors (Lipinski definition) is 1. The zero-order valence-corrected chi connectivity index (χ0v) is 15.8. The second kappa shape index (κ2) is 6.79. The van der Waals surface area contributed by atoms with Gasteiger partial charge in [0.05, 0.1) is 5.69 Å². The van der Waals surface area contributed by atoms with Gasteiger partial charge in [0.1, 0.15) is 5.57 Å². The number of amides is 4. The van der Waals surface area contributed by atoms with Crippen molar-refractivity contribution in [3.8, 4) is 0 Å². The molecule has 3 rings (SSSR count). The minimum atomic E-state index is -0.736. The van der Waals surface area contributed by atoms with Crippen molar-refractivity contribution in [1.82, 2.24) is 5.32 Å². The molecule has 1 heterocycles. The summed E-state index contributed by atoms with van der Waals surface area (Å²) in [5.41, 5.74) is 2.95. The van der Waals surface area contributed by atoms with Crippen molar-refractivity contribution in [2.75, 3.05) is 4.90 Å². The summed E-state index contributed by atoms with van der Waals surface area (Å²) < 4.78 is 1.05. The van der Waals surface area contributed by atoms with Crippen LogP contribution in [0.15, 0.2) is 48.0 Å².